The van der Waals surface area contributed by atoms with Gasteiger partial charge in [-0.1, -0.05) is 13.8 Å². The van der Waals surface area contributed by atoms with Gasteiger partial charge in [0.25, 0.3) is 0 Å². The first kappa shape index (κ1) is 11.6. The summed E-state index contributed by atoms with van der Waals surface area (Å²) in [6, 6.07) is 8.06. The second-order valence-electron chi connectivity index (χ2n) is 4.14. The van der Waals surface area contributed by atoms with E-state index in [1.807, 2.05) is 35.3 Å². The highest BCUT2D eigenvalue weighted by Crippen LogP contribution is 2.19. The summed E-state index contributed by atoms with van der Waals surface area (Å²) in [6.45, 7) is 4.33. The molecule has 2 N–H and O–H groups in total. The monoisotopic (exact) mass is 230 g/mol. The van der Waals surface area contributed by atoms with Crippen LogP contribution in [-0.2, 0) is 0 Å². The quantitative estimate of drug-likeness (QED) is 0.822. The van der Waals surface area contributed by atoms with Crippen molar-refractivity contribution in [3.8, 4) is 11.4 Å². The topological polar surface area (TPSA) is 56.7 Å². The van der Waals surface area contributed by atoms with Gasteiger partial charge in [0.2, 0.25) is 0 Å². The van der Waals surface area contributed by atoms with Crippen LogP contribution in [0.25, 0.3) is 11.4 Å². The summed E-state index contributed by atoms with van der Waals surface area (Å²) in [5.74, 6) is 0.761. The van der Waals surface area contributed by atoms with E-state index in [4.69, 9.17) is 5.73 Å². The van der Waals surface area contributed by atoms with Crippen molar-refractivity contribution in [2.24, 2.45) is 0 Å². The van der Waals surface area contributed by atoms with Gasteiger partial charge < -0.3 is 5.73 Å². The molecule has 0 saturated carbocycles. The van der Waals surface area contributed by atoms with E-state index in [-0.39, 0.29) is 0 Å². The van der Waals surface area contributed by atoms with Gasteiger partial charge in [-0.15, -0.1) is 0 Å². The molecule has 17 heavy (non-hydrogen) atoms. The van der Waals surface area contributed by atoms with Gasteiger partial charge in [-0.25, -0.2) is 9.67 Å². The highest BCUT2D eigenvalue weighted by atomic mass is 15.3. The maximum Gasteiger partial charge on any atom is 0.181 e. The molecule has 0 amide bonds. The minimum absolute atomic E-state index is 0.435. The molecule has 4 heteroatoms. The number of aromatic nitrogens is 3. The number of anilines is 1. The Morgan fingerprint density at radius 1 is 1.18 bits per heavy atom. The van der Waals surface area contributed by atoms with Crippen LogP contribution in [0.5, 0.6) is 0 Å². The normalized spacial score (nSPS) is 11.0. The highest BCUT2D eigenvalue weighted by Gasteiger charge is 2.09. The van der Waals surface area contributed by atoms with Crippen LogP contribution in [0.15, 0.2) is 30.6 Å². The van der Waals surface area contributed by atoms with E-state index < -0.39 is 0 Å². The Morgan fingerprint density at radius 3 is 2.41 bits per heavy atom. The zero-order valence-corrected chi connectivity index (χ0v) is 10.3. The highest BCUT2D eigenvalue weighted by molar-refractivity contribution is 5.57. The van der Waals surface area contributed by atoms with Gasteiger partial charge in [0.1, 0.15) is 6.33 Å². The SMILES string of the molecule is CCC(CC)n1cnc(-c2ccc(N)cc2)n1. The Kier molecular flexibility index (Phi) is 3.42. The van der Waals surface area contributed by atoms with Crippen LogP contribution < -0.4 is 5.73 Å². The molecule has 1 aromatic carbocycles. The third-order valence-electron chi connectivity index (χ3n) is 2.99. The standard InChI is InChI=1S/C13H18N4/c1-3-12(4-2)17-9-15-13(16-17)10-5-7-11(14)8-6-10/h5-9,12H,3-4,14H2,1-2H3. The van der Waals surface area contributed by atoms with E-state index in [0.717, 1.165) is 29.9 Å². The largest absolute Gasteiger partial charge is 0.399 e. The number of hydrogen-bond acceptors (Lipinski definition) is 3. The fourth-order valence-electron chi connectivity index (χ4n) is 1.88. The Labute approximate surface area is 101 Å². The summed E-state index contributed by atoms with van der Waals surface area (Å²) in [4.78, 5) is 4.34. The van der Waals surface area contributed by atoms with Crippen LogP contribution in [0.4, 0.5) is 5.69 Å². The van der Waals surface area contributed by atoms with Crippen molar-refractivity contribution in [3.05, 3.63) is 30.6 Å². The van der Waals surface area contributed by atoms with Crippen molar-refractivity contribution < 1.29 is 0 Å². The maximum absolute atomic E-state index is 5.66. The molecule has 0 spiro atoms. The summed E-state index contributed by atoms with van der Waals surface area (Å²) in [7, 11) is 0. The first-order valence-corrected chi connectivity index (χ1v) is 6.01. The third-order valence-corrected chi connectivity index (χ3v) is 2.99. The molecule has 0 saturated heterocycles. The van der Waals surface area contributed by atoms with E-state index in [0.29, 0.717) is 6.04 Å². The van der Waals surface area contributed by atoms with E-state index in [1.54, 1.807) is 0 Å². The van der Waals surface area contributed by atoms with Crippen molar-refractivity contribution in [3.63, 3.8) is 0 Å². The van der Waals surface area contributed by atoms with Crippen molar-refractivity contribution in [1.82, 2.24) is 14.8 Å². The first-order valence-electron chi connectivity index (χ1n) is 6.01. The number of rotatable bonds is 4. The Balaban J connectivity index is 2.26. The van der Waals surface area contributed by atoms with E-state index in [1.165, 1.54) is 0 Å². The number of benzene rings is 1. The Hall–Kier alpha value is -1.84. The molecular weight excluding hydrogens is 212 g/mol. The molecule has 0 unspecified atom stereocenters. The average molecular weight is 230 g/mol. The molecule has 1 heterocycles. The van der Waals surface area contributed by atoms with Crippen LogP contribution in [0.3, 0.4) is 0 Å². The Morgan fingerprint density at radius 2 is 1.82 bits per heavy atom. The summed E-state index contributed by atoms with van der Waals surface area (Å²) in [6.07, 6.45) is 3.95. The van der Waals surface area contributed by atoms with Crippen LogP contribution in [0.1, 0.15) is 32.7 Å². The molecule has 0 fully saturated rings. The fraction of sp³-hybridized carbons (Fsp3) is 0.385. The molecule has 0 aliphatic heterocycles. The van der Waals surface area contributed by atoms with Crippen molar-refractivity contribution in [1.29, 1.82) is 0 Å². The number of nitrogen functional groups attached to an aromatic ring is 1. The van der Waals surface area contributed by atoms with E-state index in [9.17, 15) is 0 Å². The molecule has 0 bridgehead atoms. The summed E-state index contributed by atoms with van der Waals surface area (Å²) in [5.41, 5.74) is 7.42. The summed E-state index contributed by atoms with van der Waals surface area (Å²) < 4.78 is 1.95. The molecule has 2 rings (SSSR count). The van der Waals surface area contributed by atoms with Gasteiger partial charge in [-0.3, -0.25) is 0 Å². The average Bonchev–Trinajstić information content (AvgIpc) is 2.81. The lowest BCUT2D eigenvalue weighted by atomic mass is 10.2. The lowest BCUT2D eigenvalue weighted by molar-refractivity contribution is 0.428. The van der Waals surface area contributed by atoms with Crippen molar-refractivity contribution in [2.45, 2.75) is 32.7 Å². The molecule has 0 aliphatic carbocycles. The summed E-state index contributed by atoms with van der Waals surface area (Å²) >= 11 is 0. The minimum Gasteiger partial charge on any atom is -0.399 e. The Bertz CT molecular complexity index is 468. The molecule has 4 nitrogen and oxygen atoms in total. The molecular formula is C13H18N4. The van der Waals surface area contributed by atoms with Crippen molar-refractivity contribution >= 4 is 5.69 Å². The second kappa shape index (κ2) is 4.99. The predicted molar refractivity (Wildman–Crippen MR) is 69.5 cm³/mol. The maximum atomic E-state index is 5.66. The number of nitrogens with two attached hydrogens (primary N) is 1. The predicted octanol–water partition coefficient (Wildman–Crippen LogP) is 2.89. The van der Waals surface area contributed by atoms with Gasteiger partial charge in [-0.2, -0.15) is 5.10 Å². The fourth-order valence-corrected chi connectivity index (χ4v) is 1.88. The summed E-state index contributed by atoms with van der Waals surface area (Å²) in [5, 5.41) is 4.52. The van der Waals surface area contributed by atoms with Gasteiger partial charge in [-0.05, 0) is 37.1 Å². The first-order chi connectivity index (χ1) is 8.24. The molecule has 0 radical (unpaired) electrons. The molecule has 2 aromatic rings. The minimum atomic E-state index is 0.435. The van der Waals surface area contributed by atoms with Crippen LogP contribution in [0.2, 0.25) is 0 Å². The van der Waals surface area contributed by atoms with Gasteiger partial charge >= 0.3 is 0 Å². The number of hydrogen-bond donors (Lipinski definition) is 1. The van der Waals surface area contributed by atoms with E-state index >= 15 is 0 Å². The van der Waals surface area contributed by atoms with Gasteiger partial charge in [0.15, 0.2) is 5.82 Å². The van der Waals surface area contributed by atoms with Crippen LogP contribution >= 0.6 is 0 Å². The molecule has 0 atom stereocenters. The van der Waals surface area contributed by atoms with Crippen LogP contribution in [-0.4, -0.2) is 14.8 Å². The lowest BCUT2D eigenvalue weighted by Gasteiger charge is -2.11. The smallest absolute Gasteiger partial charge is 0.181 e. The zero-order valence-electron chi connectivity index (χ0n) is 10.3. The molecule has 90 valence electrons. The van der Waals surface area contributed by atoms with Crippen molar-refractivity contribution in [2.75, 3.05) is 5.73 Å². The van der Waals surface area contributed by atoms with Gasteiger partial charge in [0.05, 0.1) is 6.04 Å². The zero-order chi connectivity index (χ0) is 12.3. The molecule has 0 aliphatic rings. The van der Waals surface area contributed by atoms with E-state index in [2.05, 4.69) is 23.9 Å². The third kappa shape index (κ3) is 2.46. The van der Waals surface area contributed by atoms with Crippen LogP contribution in [0, 0.1) is 0 Å². The van der Waals surface area contributed by atoms with Gasteiger partial charge in [0, 0.05) is 11.3 Å². The number of nitrogens with zero attached hydrogens (tertiary/aromatic N) is 3. The second-order valence-corrected chi connectivity index (χ2v) is 4.14. The molecule has 1 aromatic heterocycles. The lowest BCUT2D eigenvalue weighted by Crippen LogP contribution is -2.07.